The Bertz CT molecular complexity index is 372. The van der Waals surface area contributed by atoms with E-state index in [9.17, 15) is 5.11 Å². The molecule has 1 heterocycles. The van der Waals surface area contributed by atoms with Gasteiger partial charge in [0.05, 0.1) is 18.1 Å². The monoisotopic (exact) mass is 235 g/mol. The highest BCUT2D eigenvalue weighted by atomic mass is 16.3. The first-order valence-electron chi connectivity index (χ1n) is 6.74. The van der Waals surface area contributed by atoms with Crippen LogP contribution in [0.25, 0.3) is 0 Å². The van der Waals surface area contributed by atoms with Crippen LogP contribution in [0.3, 0.4) is 0 Å². The largest absolute Gasteiger partial charge is 0.393 e. The molecular formula is C13H21N3O. The molecule has 0 spiro atoms. The van der Waals surface area contributed by atoms with Crippen LogP contribution in [-0.2, 0) is 6.54 Å². The van der Waals surface area contributed by atoms with Gasteiger partial charge in [-0.15, -0.1) is 0 Å². The first-order valence-corrected chi connectivity index (χ1v) is 6.74. The van der Waals surface area contributed by atoms with E-state index in [2.05, 4.69) is 14.9 Å². The van der Waals surface area contributed by atoms with E-state index in [4.69, 9.17) is 0 Å². The zero-order valence-corrected chi connectivity index (χ0v) is 10.2. The van der Waals surface area contributed by atoms with E-state index in [0.717, 1.165) is 25.9 Å². The number of aliphatic hydroxyl groups excluding tert-OH is 1. The van der Waals surface area contributed by atoms with Gasteiger partial charge in [0.1, 0.15) is 0 Å². The maximum atomic E-state index is 9.74. The summed E-state index contributed by atoms with van der Waals surface area (Å²) in [7, 11) is 0. The predicted molar refractivity (Wildman–Crippen MR) is 65.6 cm³/mol. The molecular weight excluding hydrogens is 214 g/mol. The molecule has 2 aliphatic rings. The Morgan fingerprint density at radius 1 is 1.35 bits per heavy atom. The van der Waals surface area contributed by atoms with Crippen molar-refractivity contribution in [3.8, 4) is 0 Å². The zero-order valence-electron chi connectivity index (χ0n) is 10.2. The number of nitrogens with one attached hydrogen (secondary N) is 1. The number of aromatic nitrogens is 2. The Labute approximate surface area is 102 Å². The Morgan fingerprint density at radius 3 is 2.94 bits per heavy atom. The SMILES string of the molecule is OC1CCCC1CNCc1cncn1C1CC1. The lowest BCUT2D eigenvalue weighted by Crippen LogP contribution is -2.28. The summed E-state index contributed by atoms with van der Waals surface area (Å²) in [5.74, 6) is 0.451. The minimum absolute atomic E-state index is 0.0872. The van der Waals surface area contributed by atoms with Crippen LogP contribution in [-0.4, -0.2) is 27.3 Å². The topological polar surface area (TPSA) is 50.1 Å². The summed E-state index contributed by atoms with van der Waals surface area (Å²) in [6.45, 7) is 1.80. The molecule has 1 aromatic heterocycles. The Morgan fingerprint density at radius 2 is 2.24 bits per heavy atom. The Hall–Kier alpha value is -0.870. The fourth-order valence-electron chi connectivity index (χ4n) is 2.79. The molecule has 2 atom stereocenters. The number of hydrogen-bond donors (Lipinski definition) is 2. The van der Waals surface area contributed by atoms with Gasteiger partial charge in [-0.1, -0.05) is 6.42 Å². The van der Waals surface area contributed by atoms with Crippen LogP contribution >= 0.6 is 0 Å². The smallest absolute Gasteiger partial charge is 0.0951 e. The van der Waals surface area contributed by atoms with Gasteiger partial charge in [0, 0.05) is 25.3 Å². The first-order chi connectivity index (χ1) is 8.34. The van der Waals surface area contributed by atoms with Gasteiger partial charge in [-0.05, 0) is 31.6 Å². The molecule has 2 unspecified atom stereocenters. The van der Waals surface area contributed by atoms with Crippen molar-refractivity contribution in [1.82, 2.24) is 14.9 Å². The van der Waals surface area contributed by atoms with E-state index < -0.39 is 0 Å². The van der Waals surface area contributed by atoms with Crippen LogP contribution in [0.2, 0.25) is 0 Å². The summed E-state index contributed by atoms with van der Waals surface area (Å²) in [5, 5.41) is 13.2. The van der Waals surface area contributed by atoms with E-state index in [1.165, 1.54) is 25.0 Å². The summed E-state index contributed by atoms with van der Waals surface area (Å²) in [5.41, 5.74) is 1.28. The maximum Gasteiger partial charge on any atom is 0.0951 e. The number of rotatable bonds is 5. The highest BCUT2D eigenvalue weighted by Crippen LogP contribution is 2.35. The number of aliphatic hydroxyl groups is 1. The third-order valence-corrected chi connectivity index (χ3v) is 4.02. The fourth-order valence-corrected chi connectivity index (χ4v) is 2.79. The summed E-state index contributed by atoms with van der Waals surface area (Å²) in [6.07, 6.45) is 9.72. The lowest BCUT2D eigenvalue weighted by molar-refractivity contribution is 0.131. The molecule has 2 N–H and O–H groups in total. The van der Waals surface area contributed by atoms with E-state index in [1.54, 1.807) is 0 Å². The zero-order chi connectivity index (χ0) is 11.7. The standard InChI is InChI=1S/C13H21N3O/c17-13-3-1-2-10(13)6-14-7-12-8-15-9-16(12)11-4-5-11/h8-11,13-14,17H,1-7H2. The van der Waals surface area contributed by atoms with Gasteiger partial charge < -0.3 is 15.0 Å². The van der Waals surface area contributed by atoms with Gasteiger partial charge in [-0.2, -0.15) is 0 Å². The minimum Gasteiger partial charge on any atom is -0.393 e. The molecule has 1 aromatic rings. The molecule has 3 rings (SSSR count). The lowest BCUT2D eigenvalue weighted by Gasteiger charge is -2.15. The number of imidazole rings is 1. The number of hydrogen-bond acceptors (Lipinski definition) is 3. The van der Waals surface area contributed by atoms with Crippen LogP contribution in [0.15, 0.2) is 12.5 Å². The molecule has 4 nitrogen and oxygen atoms in total. The lowest BCUT2D eigenvalue weighted by atomic mass is 10.1. The van der Waals surface area contributed by atoms with Gasteiger partial charge in [0.2, 0.25) is 0 Å². The van der Waals surface area contributed by atoms with E-state index in [1.807, 2.05) is 12.5 Å². The second kappa shape index (κ2) is 4.78. The van der Waals surface area contributed by atoms with Gasteiger partial charge in [-0.25, -0.2) is 4.98 Å². The molecule has 4 heteroatoms. The van der Waals surface area contributed by atoms with Crippen molar-refractivity contribution in [3.63, 3.8) is 0 Å². The molecule has 0 radical (unpaired) electrons. The first kappa shape index (κ1) is 11.2. The molecule has 94 valence electrons. The van der Waals surface area contributed by atoms with Crippen LogP contribution in [0.4, 0.5) is 0 Å². The van der Waals surface area contributed by atoms with E-state index >= 15 is 0 Å². The molecule has 0 aromatic carbocycles. The molecule has 0 aliphatic heterocycles. The molecule has 0 amide bonds. The van der Waals surface area contributed by atoms with Gasteiger partial charge in [0.25, 0.3) is 0 Å². The second-order valence-electron chi connectivity index (χ2n) is 5.41. The average molecular weight is 235 g/mol. The molecule has 17 heavy (non-hydrogen) atoms. The molecule has 0 bridgehead atoms. The van der Waals surface area contributed by atoms with Crippen molar-refractivity contribution >= 4 is 0 Å². The second-order valence-corrected chi connectivity index (χ2v) is 5.41. The Balaban J connectivity index is 1.48. The van der Waals surface area contributed by atoms with Gasteiger partial charge >= 0.3 is 0 Å². The van der Waals surface area contributed by atoms with Crippen molar-refractivity contribution in [2.24, 2.45) is 5.92 Å². The summed E-state index contributed by atoms with van der Waals surface area (Å²) >= 11 is 0. The molecule has 2 aliphatic carbocycles. The van der Waals surface area contributed by atoms with Crippen molar-refractivity contribution in [2.75, 3.05) is 6.54 Å². The third kappa shape index (κ3) is 2.53. The predicted octanol–water partition coefficient (Wildman–Crippen LogP) is 1.47. The normalized spacial score (nSPS) is 28.8. The fraction of sp³-hybridized carbons (Fsp3) is 0.769. The van der Waals surface area contributed by atoms with Crippen LogP contribution in [0.1, 0.15) is 43.8 Å². The van der Waals surface area contributed by atoms with Crippen molar-refractivity contribution in [1.29, 1.82) is 0 Å². The van der Waals surface area contributed by atoms with Crippen LogP contribution in [0, 0.1) is 5.92 Å². The molecule has 2 saturated carbocycles. The van der Waals surface area contributed by atoms with Crippen molar-refractivity contribution in [3.05, 3.63) is 18.2 Å². The summed E-state index contributed by atoms with van der Waals surface area (Å²) in [4.78, 5) is 4.22. The van der Waals surface area contributed by atoms with Crippen molar-refractivity contribution < 1.29 is 5.11 Å². The average Bonchev–Trinajstić information content (AvgIpc) is 2.93. The highest BCUT2D eigenvalue weighted by molar-refractivity contribution is 5.03. The van der Waals surface area contributed by atoms with Crippen molar-refractivity contribution in [2.45, 2.75) is 50.8 Å². The van der Waals surface area contributed by atoms with Crippen LogP contribution in [0.5, 0.6) is 0 Å². The third-order valence-electron chi connectivity index (χ3n) is 4.02. The maximum absolute atomic E-state index is 9.74. The van der Waals surface area contributed by atoms with E-state index in [0.29, 0.717) is 12.0 Å². The Kier molecular flexibility index (Phi) is 3.16. The van der Waals surface area contributed by atoms with Gasteiger partial charge in [0.15, 0.2) is 0 Å². The summed E-state index contributed by atoms with van der Waals surface area (Å²) < 4.78 is 2.29. The van der Waals surface area contributed by atoms with Crippen LogP contribution < -0.4 is 5.32 Å². The molecule has 2 fully saturated rings. The quantitative estimate of drug-likeness (QED) is 0.812. The summed E-state index contributed by atoms with van der Waals surface area (Å²) in [6, 6.07) is 0.700. The minimum atomic E-state index is -0.0872. The van der Waals surface area contributed by atoms with Gasteiger partial charge in [-0.3, -0.25) is 0 Å². The highest BCUT2D eigenvalue weighted by Gasteiger charge is 2.26. The molecule has 0 saturated heterocycles. The van der Waals surface area contributed by atoms with E-state index in [-0.39, 0.29) is 6.10 Å². The number of nitrogens with zero attached hydrogens (tertiary/aromatic N) is 2.